The van der Waals surface area contributed by atoms with Gasteiger partial charge in [0.25, 0.3) is 0 Å². The summed E-state index contributed by atoms with van der Waals surface area (Å²) in [7, 11) is -1.72. The van der Waals surface area contributed by atoms with E-state index < -0.39 is 10.0 Å². The highest BCUT2D eigenvalue weighted by Crippen LogP contribution is 2.50. The van der Waals surface area contributed by atoms with Crippen molar-refractivity contribution in [3.05, 3.63) is 65.7 Å². The molecule has 2 fully saturated rings. The average molecular weight is 456 g/mol. The molecule has 1 saturated heterocycles. The molecule has 1 heterocycles. The molecule has 1 aliphatic heterocycles. The summed E-state index contributed by atoms with van der Waals surface area (Å²) in [5.41, 5.74) is 2.41. The van der Waals surface area contributed by atoms with E-state index in [0.29, 0.717) is 23.9 Å². The molecule has 4 nitrogen and oxygen atoms in total. The van der Waals surface area contributed by atoms with E-state index in [-0.39, 0.29) is 16.9 Å². The fourth-order valence-corrected chi connectivity index (χ4v) is 7.24. The summed E-state index contributed by atoms with van der Waals surface area (Å²) >= 11 is 0. The van der Waals surface area contributed by atoms with Gasteiger partial charge in [-0.2, -0.15) is 4.31 Å². The van der Waals surface area contributed by atoms with Gasteiger partial charge in [-0.25, -0.2) is 8.42 Å². The van der Waals surface area contributed by atoms with E-state index in [1.165, 1.54) is 5.56 Å². The maximum Gasteiger partial charge on any atom is 0.243 e. The molecule has 0 spiro atoms. The van der Waals surface area contributed by atoms with Crippen molar-refractivity contribution in [1.82, 2.24) is 4.31 Å². The van der Waals surface area contributed by atoms with Crippen molar-refractivity contribution >= 4 is 10.0 Å². The van der Waals surface area contributed by atoms with Crippen molar-refractivity contribution in [2.75, 3.05) is 20.2 Å². The summed E-state index contributed by atoms with van der Waals surface area (Å²) in [6, 6.07) is 18.0. The van der Waals surface area contributed by atoms with Crippen LogP contribution in [0.25, 0.3) is 0 Å². The number of piperidine rings is 1. The van der Waals surface area contributed by atoms with Gasteiger partial charge in [-0.3, -0.25) is 0 Å². The molecular weight excluding hydrogens is 418 g/mol. The van der Waals surface area contributed by atoms with Crippen molar-refractivity contribution < 1.29 is 13.2 Å². The molecule has 2 aromatic carbocycles. The van der Waals surface area contributed by atoms with Crippen LogP contribution in [0.15, 0.2) is 59.5 Å². The Morgan fingerprint density at radius 3 is 2.34 bits per heavy atom. The topological polar surface area (TPSA) is 46.6 Å². The number of hydrogen-bond donors (Lipinski definition) is 0. The summed E-state index contributed by atoms with van der Waals surface area (Å²) < 4.78 is 34.7. The zero-order chi connectivity index (χ0) is 23.0. The molecule has 174 valence electrons. The van der Waals surface area contributed by atoms with E-state index in [0.717, 1.165) is 37.7 Å². The minimum atomic E-state index is -3.52. The molecule has 0 bridgehead atoms. The molecular formula is C27H37NO3S. The molecule has 0 aromatic heterocycles. The number of benzene rings is 2. The van der Waals surface area contributed by atoms with Crippen LogP contribution in [0.2, 0.25) is 0 Å². The number of fused-ring (bicyclic) bond motifs is 1. The monoisotopic (exact) mass is 455 g/mol. The number of rotatable bonds is 5. The van der Waals surface area contributed by atoms with Crippen LogP contribution in [0.1, 0.15) is 57.6 Å². The first kappa shape index (κ1) is 23.5. The van der Waals surface area contributed by atoms with Crippen LogP contribution < -0.4 is 0 Å². The van der Waals surface area contributed by atoms with Gasteiger partial charge < -0.3 is 4.74 Å². The largest absolute Gasteiger partial charge is 0.381 e. The van der Waals surface area contributed by atoms with Gasteiger partial charge in [0, 0.05) is 20.2 Å². The van der Waals surface area contributed by atoms with Crippen LogP contribution in [-0.2, 0) is 26.6 Å². The summed E-state index contributed by atoms with van der Waals surface area (Å²) in [6.45, 7) is 7.61. The van der Waals surface area contributed by atoms with E-state index >= 15 is 0 Å². The Labute approximate surface area is 194 Å². The van der Waals surface area contributed by atoms with E-state index in [1.54, 1.807) is 23.5 Å². The average Bonchev–Trinajstić information content (AvgIpc) is 2.78. The van der Waals surface area contributed by atoms with Gasteiger partial charge in [0.15, 0.2) is 0 Å². The second kappa shape index (κ2) is 8.92. The quantitative estimate of drug-likeness (QED) is 0.605. The van der Waals surface area contributed by atoms with Gasteiger partial charge in [-0.1, -0.05) is 63.2 Å². The van der Waals surface area contributed by atoms with Gasteiger partial charge in [0.1, 0.15) is 0 Å². The predicted molar refractivity (Wildman–Crippen MR) is 129 cm³/mol. The first-order chi connectivity index (χ1) is 15.1. The maximum atomic E-state index is 13.6. The predicted octanol–water partition coefficient (Wildman–Crippen LogP) is 5.42. The molecule has 2 aromatic rings. The summed E-state index contributed by atoms with van der Waals surface area (Å²) in [4.78, 5) is 0.407. The van der Waals surface area contributed by atoms with Gasteiger partial charge >= 0.3 is 0 Å². The minimum Gasteiger partial charge on any atom is -0.381 e. The van der Waals surface area contributed by atoms with Crippen LogP contribution in [-0.4, -0.2) is 39.0 Å². The number of hydrogen-bond acceptors (Lipinski definition) is 3. The number of sulfonamides is 1. The van der Waals surface area contributed by atoms with E-state index in [4.69, 9.17) is 4.74 Å². The van der Waals surface area contributed by atoms with Gasteiger partial charge in [0.2, 0.25) is 10.0 Å². The highest BCUT2D eigenvalue weighted by atomic mass is 32.2. The second-order valence-corrected chi connectivity index (χ2v) is 12.7. The van der Waals surface area contributed by atoms with Crippen molar-refractivity contribution in [1.29, 1.82) is 0 Å². The normalized spacial score (nSPS) is 27.1. The molecule has 4 rings (SSSR count). The molecule has 3 unspecified atom stereocenters. The van der Waals surface area contributed by atoms with E-state index in [9.17, 15) is 8.42 Å². The number of methoxy groups -OCH3 is 1. The second-order valence-electron chi connectivity index (χ2n) is 10.8. The van der Waals surface area contributed by atoms with Crippen LogP contribution in [0.3, 0.4) is 0 Å². The Morgan fingerprint density at radius 1 is 1.03 bits per heavy atom. The van der Waals surface area contributed by atoms with Crippen LogP contribution >= 0.6 is 0 Å². The van der Waals surface area contributed by atoms with E-state index in [1.807, 2.05) is 18.2 Å². The van der Waals surface area contributed by atoms with Gasteiger partial charge in [-0.15, -0.1) is 0 Å². The highest BCUT2D eigenvalue weighted by molar-refractivity contribution is 7.89. The third-order valence-electron chi connectivity index (χ3n) is 7.69. The maximum absolute atomic E-state index is 13.6. The fraction of sp³-hybridized carbons (Fsp3) is 0.556. The van der Waals surface area contributed by atoms with Crippen molar-refractivity contribution in [3.63, 3.8) is 0 Å². The van der Waals surface area contributed by atoms with Crippen molar-refractivity contribution in [2.24, 2.45) is 11.3 Å². The SMILES string of the molecule is COC1CCC2(Cc3ccccc3)CN(S(=O)(=O)c3ccc(C(C)(C)C)cc3)CCC2C1. The molecule has 32 heavy (non-hydrogen) atoms. The Bertz CT molecular complexity index is 1010. The Balaban J connectivity index is 1.62. The lowest BCUT2D eigenvalue weighted by molar-refractivity contribution is -0.0447. The lowest BCUT2D eigenvalue weighted by Gasteiger charge is -2.52. The standard InChI is InChI=1S/C27H37NO3S/c1-26(2,3)22-10-12-25(13-11-22)32(29,30)28-17-15-23-18-24(31-4)14-16-27(23,20-28)19-21-8-6-5-7-9-21/h5-13,23-24H,14-20H2,1-4H3. The van der Waals surface area contributed by atoms with Crippen LogP contribution in [0, 0.1) is 11.3 Å². The Morgan fingerprint density at radius 2 is 1.72 bits per heavy atom. The molecule has 5 heteroatoms. The lowest BCUT2D eigenvalue weighted by atomic mass is 9.60. The smallest absolute Gasteiger partial charge is 0.243 e. The first-order valence-corrected chi connectivity index (χ1v) is 13.3. The van der Waals surface area contributed by atoms with Crippen LogP contribution in [0.4, 0.5) is 0 Å². The summed E-state index contributed by atoms with van der Waals surface area (Å²) in [5, 5.41) is 0. The summed E-state index contributed by atoms with van der Waals surface area (Å²) in [6.07, 6.45) is 5.12. The van der Waals surface area contributed by atoms with Gasteiger partial charge in [-0.05, 0) is 72.1 Å². The zero-order valence-electron chi connectivity index (χ0n) is 19.9. The zero-order valence-corrected chi connectivity index (χ0v) is 20.7. The number of nitrogens with zero attached hydrogens (tertiary/aromatic N) is 1. The first-order valence-electron chi connectivity index (χ1n) is 11.8. The molecule has 0 amide bonds. The molecule has 1 aliphatic carbocycles. The molecule has 0 N–H and O–H groups in total. The molecule has 2 aliphatic rings. The summed E-state index contributed by atoms with van der Waals surface area (Å²) in [5.74, 6) is 0.483. The van der Waals surface area contributed by atoms with Gasteiger partial charge in [0.05, 0.1) is 11.0 Å². The number of ether oxygens (including phenoxy) is 1. The van der Waals surface area contributed by atoms with E-state index in [2.05, 4.69) is 45.0 Å². The Hall–Kier alpha value is -1.69. The fourth-order valence-electron chi connectivity index (χ4n) is 5.69. The lowest BCUT2D eigenvalue weighted by Crippen LogP contribution is -2.54. The molecule has 1 saturated carbocycles. The third-order valence-corrected chi connectivity index (χ3v) is 9.55. The Kier molecular flexibility index (Phi) is 6.54. The van der Waals surface area contributed by atoms with Crippen molar-refractivity contribution in [2.45, 2.75) is 69.3 Å². The molecule has 0 radical (unpaired) electrons. The highest BCUT2D eigenvalue weighted by Gasteiger charge is 2.49. The van der Waals surface area contributed by atoms with Crippen LogP contribution in [0.5, 0.6) is 0 Å². The third kappa shape index (κ3) is 4.66. The van der Waals surface area contributed by atoms with Crippen molar-refractivity contribution in [3.8, 4) is 0 Å². The molecule has 3 atom stereocenters. The minimum absolute atomic E-state index is 0.000363.